The maximum absolute atomic E-state index is 4.41. The largest absolute Gasteiger partial charge is 0.293 e. The van der Waals surface area contributed by atoms with Crippen LogP contribution in [-0.4, -0.2) is 12.8 Å². The zero-order valence-electron chi connectivity index (χ0n) is 9.94. The Morgan fingerprint density at radius 3 is 2.50 bits per heavy atom. The van der Waals surface area contributed by atoms with Gasteiger partial charge < -0.3 is 0 Å². The minimum absolute atomic E-state index is 0.947. The second-order valence-electron chi connectivity index (χ2n) is 3.94. The molecule has 1 nitrogen and oxygen atoms in total. The van der Waals surface area contributed by atoms with Crippen molar-refractivity contribution in [3.63, 3.8) is 0 Å². The van der Waals surface area contributed by atoms with Crippen molar-refractivity contribution in [2.75, 3.05) is 6.54 Å². The third-order valence-corrected chi connectivity index (χ3v) is 2.49. The average molecular weight is 215 g/mol. The molecule has 0 radical (unpaired) electrons. The van der Waals surface area contributed by atoms with E-state index in [9.17, 15) is 0 Å². The molecule has 1 heteroatoms. The van der Waals surface area contributed by atoms with Crippen LogP contribution in [0.3, 0.4) is 0 Å². The van der Waals surface area contributed by atoms with Crippen molar-refractivity contribution in [3.05, 3.63) is 48.6 Å². The monoisotopic (exact) mass is 215 g/mol. The van der Waals surface area contributed by atoms with Gasteiger partial charge in [0.05, 0.1) is 0 Å². The number of allylic oxidation sites excluding steroid dienone is 1. The first-order chi connectivity index (χ1) is 7.93. The first-order valence-corrected chi connectivity index (χ1v) is 6.09. The van der Waals surface area contributed by atoms with Crippen LogP contribution in [0.1, 0.15) is 37.7 Å². The van der Waals surface area contributed by atoms with Crippen molar-refractivity contribution in [1.29, 1.82) is 0 Å². The van der Waals surface area contributed by atoms with Crippen LogP contribution in [0.4, 0.5) is 0 Å². The Morgan fingerprint density at radius 2 is 1.75 bits per heavy atom. The van der Waals surface area contributed by atoms with Crippen molar-refractivity contribution in [2.24, 2.45) is 4.99 Å². The second kappa shape index (κ2) is 8.90. The summed E-state index contributed by atoms with van der Waals surface area (Å²) in [6, 6.07) is 10.3. The van der Waals surface area contributed by atoms with Crippen LogP contribution in [0.25, 0.3) is 0 Å². The van der Waals surface area contributed by atoms with Gasteiger partial charge in [-0.25, -0.2) is 0 Å². The van der Waals surface area contributed by atoms with Gasteiger partial charge in [-0.3, -0.25) is 4.99 Å². The molecule has 16 heavy (non-hydrogen) atoms. The number of nitrogens with zero attached hydrogens (tertiary/aromatic N) is 1. The summed E-state index contributed by atoms with van der Waals surface area (Å²) in [5.41, 5.74) is 1.19. The van der Waals surface area contributed by atoms with E-state index < -0.39 is 0 Å². The van der Waals surface area contributed by atoms with Crippen LogP contribution < -0.4 is 0 Å². The van der Waals surface area contributed by atoms with Crippen molar-refractivity contribution in [1.82, 2.24) is 0 Å². The second-order valence-corrected chi connectivity index (χ2v) is 3.94. The molecule has 0 saturated carbocycles. The highest BCUT2D eigenvalue weighted by Gasteiger charge is 1.88. The fraction of sp³-hybridized carbons (Fsp3) is 0.400. The van der Waals surface area contributed by atoms with E-state index in [1.165, 1.54) is 31.2 Å². The molecule has 0 N–H and O–H groups in total. The molecule has 0 heterocycles. The molecule has 1 aromatic rings. The van der Waals surface area contributed by atoms with E-state index in [1.54, 1.807) is 0 Å². The number of aliphatic imine (C=N–C) groups is 1. The SMILES string of the molecule is C=CCCCCCCN=Cc1ccccc1. The standard InChI is InChI=1S/C15H21N/c1-2-3-4-5-6-10-13-16-14-15-11-8-7-9-12-15/h2,7-9,11-12,14H,1,3-6,10,13H2. The number of hydrogen-bond acceptors (Lipinski definition) is 1. The molecule has 0 aliphatic carbocycles. The van der Waals surface area contributed by atoms with Gasteiger partial charge in [-0.15, -0.1) is 6.58 Å². The van der Waals surface area contributed by atoms with Crippen LogP contribution in [-0.2, 0) is 0 Å². The van der Waals surface area contributed by atoms with Crippen molar-refractivity contribution in [2.45, 2.75) is 32.1 Å². The van der Waals surface area contributed by atoms with Gasteiger partial charge in [0, 0.05) is 12.8 Å². The van der Waals surface area contributed by atoms with E-state index in [4.69, 9.17) is 0 Å². The van der Waals surface area contributed by atoms with Crippen molar-refractivity contribution < 1.29 is 0 Å². The Bertz CT molecular complexity index is 300. The molecule has 1 rings (SSSR count). The van der Waals surface area contributed by atoms with Crippen LogP contribution in [0.5, 0.6) is 0 Å². The highest BCUT2D eigenvalue weighted by atomic mass is 14.7. The van der Waals surface area contributed by atoms with Crippen molar-refractivity contribution in [3.8, 4) is 0 Å². The number of benzene rings is 1. The van der Waals surface area contributed by atoms with E-state index in [0.29, 0.717) is 0 Å². The molecule has 0 atom stereocenters. The van der Waals surface area contributed by atoms with E-state index in [-0.39, 0.29) is 0 Å². The predicted molar refractivity (Wildman–Crippen MR) is 72.2 cm³/mol. The van der Waals surface area contributed by atoms with Gasteiger partial charge in [-0.1, -0.05) is 49.2 Å². The molecule has 1 aromatic carbocycles. The molecule has 0 saturated heterocycles. The third kappa shape index (κ3) is 6.18. The Balaban J connectivity index is 2.03. The first-order valence-electron chi connectivity index (χ1n) is 6.09. The zero-order chi connectivity index (χ0) is 11.5. The zero-order valence-corrected chi connectivity index (χ0v) is 9.94. The van der Waals surface area contributed by atoms with E-state index in [2.05, 4.69) is 23.7 Å². The van der Waals surface area contributed by atoms with Gasteiger partial charge >= 0.3 is 0 Å². The van der Waals surface area contributed by atoms with Crippen LogP contribution in [0.15, 0.2) is 48.0 Å². The Kier molecular flexibility index (Phi) is 7.06. The molecule has 86 valence electrons. The molecular formula is C15H21N. The number of hydrogen-bond donors (Lipinski definition) is 0. The van der Waals surface area contributed by atoms with E-state index in [0.717, 1.165) is 13.0 Å². The summed E-state index contributed by atoms with van der Waals surface area (Å²) in [4.78, 5) is 4.41. The molecule has 0 aromatic heterocycles. The summed E-state index contributed by atoms with van der Waals surface area (Å²) in [7, 11) is 0. The fourth-order valence-electron chi connectivity index (χ4n) is 1.55. The van der Waals surface area contributed by atoms with Gasteiger partial charge in [0.2, 0.25) is 0 Å². The summed E-state index contributed by atoms with van der Waals surface area (Å²) in [6.07, 6.45) is 10.1. The van der Waals surface area contributed by atoms with E-state index in [1.807, 2.05) is 30.5 Å². The Hall–Kier alpha value is -1.37. The topological polar surface area (TPSA) is 12.4 Å². The molecule has 0 fully saturated rings. The Labute approximate surface area is 98.9 Å². The van der Waals surface area contributed by atoms with Crippen LogP contribution in [0, 0.1) is 0 Å². The number of rotatable bonds is 8. The highest BCUT2D eigenvalue weighted by Crippen LogP contribution is 2.03. The summed E-state index contributed by atoms with van der Waals surface area (Å²) < 4.78 is 0. The molecule has 0 unspecified atom stereocenters. The van der Waals surface area contributed by atoms with Crippen LogP contribution in [0.2, 0.25) is 0 Å². The van der Waals surface area contributed by atoms with Gasteiger partial charge in [0.15, 0.2) is 0 Å². The van der Waals surface area contributed by atoms with Crippen molar-refractivity contribution >= 4 is 6.21 Å². The predicted octanol–water partition coefficient (Wildman–Crippen LogP) is 4.24. The third-order valence-electron chi connectivity index (χ3n) is 2.49. The van der Waals surface area contributed by atoms with Gasteiger partial charge in [0.25, 0.3) is 0 Å². The minimum Gasteiger partial charge on any atom is -0.293 e. The summed E-state index contributed by atoms with van der Waals surface area (Å²) >= 11 is 0. The van der Waals surface area contributed by atoms with E-state index >= 15 is 0 Å². The minimum atomic E-state index is 0.947. The lowest BCUT2D eigenvalue weighted by Gasteiger charge is -1.96. The fourth-order valence-corrected chi connectivity index (χ4v) is 1.55. The molecule has 0 bridgehead atoms. The molecule has 0 aliphatic rings. The van der Waals surface area contributed by atoms with Gasteiger partial charge in [0.1, 0.15) is 0 Å². The maximum atomic E-state index is 4.41. The summed E-state index contributed by atoms with van der Waals surface area (Å²) in [5, 5.41) is 0. The summed E-state index contributed by atoms with van der Waals surface area (Å²) in [5.74, 6) is 0. The lowest BCUT2D eigenvalue weighted by molar-refractivity contribution is 0.654. The van der Waals surface area contributed by atoms with Gasteiger partial charge in [-0.2, -0.15) is 0 Å². The maximum Gasteiger partial charge on any atom is 0.0389 e. The first kappa shape index (κ1) is 12.7. The van der Waals surface area contributed by atoms with Crippen LogP contribution >= 0.6 is 0 Å². The lowest BCUT2D eigenvalue weighted by atomic mass is 10.1. The molecular weight excluding hydrogens is 194 g/mol. The quantitative estimate of drug-likeness (QED) is 0.349. The highest BCUT2D eigenvalue weighted by molar-refractivity contribution is 5.79. The Morgan fingerprint density at radius 1 is 1.00 bits per heavy atom. The average Bonchev–Trinajstić information content (AvgIpc) is 2.34. The molecule has 0 spiro atoms. The lowest BCUT2D eigenvalue weighted by Crippen LogP contribution is -1.85. The molecule has 0 aliphatic heterocycles. The number of unbranched alkanes of at least 4 members (excludes halogenated alkanes) is 4. The molecule has 0 amide bonds. The van der Waals surface area contributed by atoms with Gasteiger partial charge in [-0.05, 0) is 24.8 Å². The summed E-state index contributed by atoms with van der Waals surface area (Å²) in [6.45, 7) is 4.67. The normalized spacial score (nSPS) is 10.8. The smallest absolute Gasteiger partial charge is 0.0389 e.